The minimum absolute atomic E-state index is 0.425. The van der Waals surface area contributed by atoms with E-state index in [1.165, 1.54) is 0 Å². The number of aryl methyl sites for hydroxylation is 1. The molecule has 1 aromatic carbocycles. The minimum atomic E-state index is 0.425. The van der Waals surface area contributed by atoms with Crippen molar-refractivity contribution < 1.29 is 4.52 Å². The molecule has 1 heterocycles. The molecule has 5 heteroatoms. The molecule has 2 N–H and O–H groups in total. The van der Waals surface area contributed by atoms with Crippen LogP contribution in [0.3, 0.4) is 0 Å². The monoisotopic (exact) mass is 265 g/mol. The molecule has 0 saturated carbocycles. The molecule has 0 radical (unpaired) electrons. The number of rotatable bonds is 4. The smallest absolute Gasteiger partial charge is 0.260 e. The topological polar surface area (TPSA) is 64.9 Å². The summed E-state index contributed by atoms with van der Waals surface area (Å²) in [5, 5.41) is 4.45. The van der Waals surface area contributed by atoms with E-state index in [1.54, 1.807) is 6.07 Å². The van der Waals surface area contributed by atoms with Crippen molar-refractivity contribution in [1.29, 1.82) is 0 Å². The van der Waals surface area contributed by atoms with Gasteiger partial charge in [-0.15, -0.1) is 0 Å². The molecule has 96 valence electrons. The lowest BCUT2D eigenvalue weighted by Crippen LogP contribution is -1.94. The third-order valence-electron chi connectivity index (χ3n) is 2.70. The molecule has 4 nitrogen and oxygen atoms in total. The summed E-state index contributed by atoms with van der Waals surface area (Å²) in [5.41, 5.74) is 7.04. The largest absolute Gasteiger partial charge is 0.397 e. The second kappa shape index (κ2) is 5.40. The van der Waals surface area contributed by atoms with Crippen molar-refractivity contribution in [2.45, 2.75) is 26.7 Å². The summed E-state index contributed by atoms with van der Waals surface area (Å²) >= 11 is 5.96. The van der Waals surface area contributed by atoms with Crippen molar-refractivity contribution in [3.63, 3.8) is 0 Å². The van der Waals surface area contributed by atoms with Crippen LogP contribution in [0.25, 0.3) is 11.5 Å². The molecule has 0 saturated heterocycles. The van der Waals surface area contributed by atoms with E-state index in [4.69, 9.17) is 21.9 Å². The van der Waals surface area contributed by atoms with Crippen LogP contribution in [0, 0.1) is 5.92 Å². The van der Waals surface area contributed by atoms with E-state index in [1.807, 2.05) is 12.1 Å². The number of nitrogen functional groups attached to an aromatic ring is 1. The number of para-hydroxylation sites is 1. The van der Waals surface area contributed by atoms with Gasteiger partial charge in [-0.2, -0.15) is 4.98 Å². The van der Waals surface area contributed by atoms with Crippen LogP contribution in [0.1, 0.15) is 26.1 Å². The SMILES string of the molecule is CC(C)CCc1noc(-c2cccc(Cl)c2N)n1. The molecule has 0 aliphatic rings. The molecule has 2 aromatic rings. The molecular formula is C13H16ClN3O. The Bertz CT molecular complexity index is 537. The first-order chi connectivity index (χ1) is 8.58. The van der Waals surface area contributed by atoms with Crippen LogP contribution in [0.15, 0.2) is 22.7 Å². The Labute approximate surface area is 111 Å². The number of nitrogens with zero attached hydrogens (tertiary/aromatic N) is 2. The molecule has 0 bridgehead atoms. The summed E-state index contributed by atoms with van der Waals surface area (Å²) in [4.78, 5) is 4.34. The predicted molar refractivity (Wildman–Crippen MR) is 72.3 cm³/mol. The first kappa shape index (κ1) is 12.9. The molecule has 0 atom stereocenters. The quantitative estimate of drug-likeness (QED) is 0.859. The summed E-state index contributed by atoms with van der Waals surface area (Å²) in [6.45, 7) is 4.33. The van der Waals surface area contributed by atoms with Crippen molar-refractivity contribution in [2.75, 3.05) is 5.73 Å². The van der Waals surface area contributed by atoms with Crippen LogP contribution in [0.2, 0.25) is 5.02 Å². The lowest BCUT2D eigenvalue weighted by molar-refractivity contribution is 0.419. The van der Waals surface area contributed by atoms with E-state index in [2.05, 4.69) is 24.0 Å². The highest BCUT2D eigenvalue weighted by molar-refractivity contribution is 6.33. The third kappa shape index (κ3) is 2.82. The zero-order valence-corrected chi connectivity index (χ0v) is 11.2. The zero-order valence-electron chi connectivity index (χ0n) is 10.5. The van der Waals surface area contributed by atoms with Gasteiger partial charge in [0.2, 0.25) is 0 Å². The van der Waals surface area contributed by atoms with Crippen molar-refractivity contribution in [1.82, 2.24) is 10.1 Å². The van der Waals surface area contributed by atoms with Gasteiger partial charge in [-0.25, -0.2) is 0 Å². The summed E-state index contributed by atoms with van der Waals surface area (Å²) in [5.74, 6) is 1.75. The van der Waals surface area contributed by atoms with Gasteiger partial charge in [-0.3, -0.25) is 0 Å². The molecule has 0 spiro atoms. The van der Waals surface area contributed by atoms with E-state index in [0.29, 0.717) is 33.9 Å². The van der Waals surface area contributed by atoms with Crippen molar-refractivity contribution in [2.24, 2.45) is 5.92 Å². The molecular weight excluding hydrogens is 250 g/mol. The van der Waals surface area contributed by atoms with Crippen LogP contribution in [0.5, 0.6) is 0 Å². The number of hydrogen-bond donors (Lipinski definition) is 1. The lowest BCUT2D eigenvalue weighted by atomic mass is 10.1. The normalized spacial score (nSPS) is 11.1. The fraction of sp³-hybridized carbons (Fsp3) is 0.385. The van der Waals surface area contributed by atoms with Crippen LogP contribution < -0.4 is 5.73 Å². The van der Waals surface area contributed by atoms with Crippen molar-refractivity contribution in [3.05, 3.63) is 29.0 Å². The van der Waals surface area contributed by atoms with Gasteiger partial charge < -0.3 is 10.3 Å². The van der Waals surface area contributed by atoms with Crippen LogP contribution in [-0.2, 0) is 6.42 Å². The third-order valence-corrected chi connectivity index (χ3v) is 3.03. The Morgan fingerprint density at radius 3 is 2.89 bits per heavy atom. The molecule has 0 unspecified atom stereocenters. The highest BCUT2D eigenvalue weighted by Gasteiger charge is 2.13. The van der Waals surface area contributed by atoms with Crippen LogP contribution in [-0.4, -0.2) is 10.1 Å². The van der Waals surface area contributed by atoms with E-state index >= 15 is 0 Å². The number of aromatic nitrogens is 2. The van der Waals surface area contributed by atoms with Gasteiger partial charge in [-0.1, -0.05) is 36.7 Å². The molecule has 0 fully saturated rings. The molecule has 0 amide bonds. The minimum Gasteiger partial charge on any atom is -0.397 e. The van der Waals surface area contributed by atoms with Gasteiger partial charge in [0.1, 0.15) is 0 Å². The summed E-state index contributed by atoms with van der Waals surface area (Å²) in [6.07, 6.45) is 1.84. The van der Waals surface area contributed by atoms with E-state index in [0.717, 1.165) is 12.8 Å². The average Bonchev–Trinajstić information content (AvgIpc) is 2.78. The van der Waals surface area contributed by atoms with Gasteiger partial charge in [0, 0.05) is 6.42 Å². The number of nitrogens with two attached hydrogens (primary N) is 1. The fourth-order valence-corrected chi connectivity index (χ4v) is 1.78. The predicted octanol–water partition coefficient (Wildman–Crippen LogP) is 3.56. The van der Waals surface area contributed by atoms with E-state index in [9.17, 15) is 0 Å². The van der Waals surface area contributed by atoms with E-state index < -0.39 is 0 Å². The average molecular weight is 266 g/mol. The number of benzene rings is 1. The van der Waals surface area contributed by atoms with E-state index in [-0.39, 0.29) is 0 Å². The summed E-state index contributed by atoms with van der Waals surface area (Å²) in [7, 11) is 0. The van der Waals surface area contributed by atoms with Gasteiger partial charge in [0.25, 0.3) is 5.89 Å². The number of hydrogen-bond acceptors (Lipinski definition) is 4. The lowest BCUT2D eigenvalue weighted by Gasteiger charge is -2.01. The summed E-state index contributed by atoms with van der Waals surface area (Å²) < 4.78 is 5.22. The highest BCUT2D eigenvalue weighted by Crippen LogP contribution is 2.30. The Hall–Kier alpha value is -1.55. The molecule has 0 aliphatic heterocycles. The van der Waals surface area contributed by atoms with Crippen LogP contribution >= 0.6 is 11.6 Å². The first-order valence-corrected chi connectivity index (χ1v) is 6.32. The maximum Gasteiger partial charge on any atom is 0.260 e. The maximum absolute atomic E-state index is 5.96. The molecule has 1 aromatic heterocycles. The van der Waals surface area contributed by atoms with Crippen LogP contribution in [0.4, 0.5) is 5.69 Å². The molecule has 2 rings (SSSR count). The Morgan fingerprint density at radius 2 is 2.17 bits per heavy atom. The fourth-order valence-electron chi connectivity index (χ4n) is 1.61. The first-order valence-electron chi connectivity index (χ1n) is 5.95. The Balaban J connectivity index is 2.21. The molecule has 0 aliphatic carbocycles. The van der Waals surface area contributed by atoms with Crippen molar-refractivity contribution >= 4 is 17.3 Å². The zero-order chi connectivity index (χ0) is 13.1. The highest BCUT2D eigenvalue weighted by atomic mass is 35.5. The van der Waals surface area contributed by atoms with Gasteiger partial charge in [-0.05, 0) is 24.5 Å². The Morgan fingerprint density at radius 1 is 1.39 bits per heavy atom. The van der Waals surface area contributed by atoms with Crippen molar-refractivity contribution in [3.8, 4) is 11.5 Å². The van der Waals surface area contributed by atoms with Gasteiger partial charge in [0.05, 0.1) is 16.3 Å². The standard InChI is InChI=1S/C13H16ClN3O/c1-8(2)6-7-11-16-13(18-17-11)9-4-3-5-10(14)12(9)15/h3-5,8H,6-7,15H2,1-2H3. The Kier molecular flexibility index (Phi) is 3.87. The molecule has 18 heavy (non-hydrogen) atoms. The maximum atomic E-state index is 5.96. The number of halogens is 1. The van der Waals surface area contributed by atoms with Gasteiger partial charge in [0.15, 0.2) is 5.82 Å². The van der Waals surface area contributed by atoms with Gasteiger partial charge >= 0.3 is 0 Å². The second-order valence-corrected chi connectivity index (χ2v) is 5.06. The summed E-state index contributed by atoms with van der Waals surface area (Å²) in [6, 6.07) is 5.36. The number of anilines is 1. The second-order valence-electron chi connectivity index (χ2n) is 4.65.